The average molecular weight is 316 g/mol. The topological polar surface area (TPSA) is 85.2 Å². The predicted octanol–water partition coefficient (Wildman–Crippen LogP) is 2.55. The number of carbonyl (C=O) groups excluding carboxylic acids is 1. The average Bonchev–Trinajstić information content (AvgIpc) is 2.92. The molecule has 1 amide bonds. The third kappa shape index (κ3) is 2.83. The molecule has 0 spiro atoms. The fourth-order valence-electron chi connectivity index (χ4n) is 3.11. The van der Waals surface area contributed by atoms with Crippen molar-refractivity contribution in [2.45, 2.75) is 46.1 Å². The van der Waals surface area contributed by atoms with E-state index in [1.165, 1.54) is 0 Å². The van der Waals surface area contributed by atoms with Gasteiger partial charge in [-0.1, -0.05) is 32.9 Å². The summed E-state index contributed by atoms with van der Waals surface area (Å²) in [6, 6.07) is 1.97. The Balaban J connectivity index is 1.90. The first-order valence-corrected chi connectivity index (χ1v) is 8.10. The predicted molar refractivity (Wildman–Crippen MR) is 88.2 cm³/mol. The van der Waals surface area contributed by atoms with Gasteiger partial charge in [0.25, 0.3) is 11.6 Å². The van der Waals surface area contributed by atoms with Gasteiger partial charge in [-0.2, -0.15) is 0 Å². The van der Waals surface area contributed by atoms with Crippen molar-refractivity contribution in [2.24, 2.45) is 11.1 Å². The van der Waals surface area contributed by atoms with Gasteiger partial charge in [0.15, 0.2) is 0 Å². The molecule has 1 atom stereocenters. The molecule has 1 aliphatic rings. The maximum Gasteiger partial charge on any atom is 0.257 e. The normalized spacial score (nSPS) is 21.1. The number of likely N-dealkylation sites (tertiary alicyclic amines) is 1. The zero-order valence-electron chi connectivity index (χ0n) is 14.2. The number of fused-ring (bicyclic) bond motifs is 1. The number of hydrogen-bond acceptors (Lipinski definition) is 5. The molecule has 0 aliphatic carbocycles. The number of amides is 1. The number of nitrogens with two attached hydrogens (primary N) is 1. The van der Waals surface area contributed by atoms with Gasteiger partial charge in [-0.3, -0.25) is 4.79 Å². The van der Waals surface area contributed by atoms with Crippen LogP contribution < -0.4 is 5.73 Å². The summed E-state index contributed by atoms with van der Waals surface area (Å²) in [5.41, 5.74) is 7.97. The number of rotatable bonds is 2. The lowest BCUT2D eigenvalue weighted by atomic mass is 9.79. The second-order valence-electron chi connectivity index (χ2n) is 7.41. The van der Waals surface area contributed by atoms with E-state index in [0.717, 1.165) is 17.5 Å². The molecule has 1 fully saturated rings. The molecule has 1 aliphatic heterocycles. The molecule has 2 aromatic rings. The van der Waals surface area contributed by atoms with Crippen LogP contribution in [0, 0.1) is 5.41 Å². The Morgan fingerprint density at radius 2 is 2.22 bits per heavy atom. The molecule has 1 unspecified atom stereocenters. The van der Waals surface area contributed by atoms with Crippen LogP contribution in [-0.4, -0.2) is 40.1 Å². The van der Waals surface area contributed by atoms with Crippen molar-refractivity contribution < 1.29 is 9.32 Å². The van der Waals surface area contributed by atoms with Gasteiger partial charge in [-0.25, -0.2) is 4.98 Å². The van der Waals surface area contributed by atoms with Crippen molar-refractivity contribution in [2.75, 3.05) is 13.1 Å². The minimum atomic E-state index is -0.0777. The van der Waals surface area contributed by atoms with Crippen molar-refractivity contribution in [1.29, 1.82) is 0 Å². The van der Waals surface area contributed by atoms with E-state index >= 15 is 0 Å². The number of pyridine rings is 1. The molecule has 1 saturated heterocycles. The molecule has 2 aromatic heterocycles. The van der Waals surface area contributed by atoms with Crippen molar-refractivity contribution in [1.82, 2.24) is 15.0 Å². The summed E-state index contributed by atoms with van der Waals surface area (Å²) in [6.45, 7) is 9.64. The van der Waals surface area contributed by atoms with Gasteiger partial charge in [0.05, 0.1) is 16.6 Å². The standard InChI is InChI=1S/C17H24N4O2/c1-10(2)14-12-7-11(8-19-15(12)23-20-14)16(22)21-6-5-13(18)17(3,4)9-21/h7-8,10,13H,5-6,9,18H2,1-4H3. The van der Waals surface area contributed by atoms with Gasteiger partial charge in [-0.15, -0.1) is 0 Å². The highest BCUT2D eigenvalue weighted by atomic mass is 16.5. The van der Waals surface area contributed by atoms with Crippen LogP contribution in [0.15, 0.2) is 16.8 Å². The molecule has 0 radical (unpaired) electrons. The highest BCUT2D eigenvalue weighted by molar-refractivity contribution is 5.97. The molecule has 23 heavy (non-hydrogen) atoms. The molecule has 0 saturated carbocycles. The molecule has 124 valence electrons. The third-order valence-electron chi connectivity index (χ3n) is 4.75. The Hall–Kier alpha value is -1.95. The number of nitrogens with zero attached hydrogens (tertiary/aromatic N) is 3. The second-order valence-corrected chi connectivity index (χ2v) is 7.41. The Labute approximate surface area is 136 Å². The Morgan fingerprint density at radius 1 is 1.48 bits per heavy atom. The maximum atomic E-state index is 12.8. The summed E-state index contributed by atoms with van der Waals surface area (Å²) in [5, 5.41) is 4.88. The Morgan fingerprint density at radius 3 is 2.87 bits per heavy atom. The van der Waals surface area contributed by atoms with Gasteiger partial charge in [0.2, 0.25) is 0 Å². The van der Waals surface area contributed by atoms with E-state index < -0.39 is 0 Å². The number of aromatic nitrogens is 2. The van der Waals surface area contributed by atoms with Crippen LogP contribution in [0.1, 0.15) is 56.1 Å². The first-order chi connectivity index (χ1) is 10.8. The van der Waals surface area contributed by atoms with Crippen LogP contribution in [0.2, 0.25) is 0 Å². The quantitative estimate of drug-likeness (QED) is 0.920. The maximum absolute atomic E-state index is 12.8. The number of piperidine rings is 1. The Kier molecular flexibility index (Phi) is 3.88. The van der Waals surface area contributed by atoms with E-state index in [1.807, 2.05) is 24.8 Å². The van der Waals surface area contributed by atoms with E-state index in [2.05, 4.69) is 24.0 Å². The van der Waals surface area contributed by atoms with Crippen LogP contribution in [-0.2, 0) is 0 Å². The summed E-state index contributed by atoms with van der Waals surface area (Å²) in [4.78, 5) is 19.0. The van der Waals surface area contributed by atoms with Crippen molar-refractivity contribution in [3.63, 3.8) is 0 Å². The zero-order valence-corrected chi connectivity index (χ0v) is 14.2. The van der Waals surface area contributed by atoms with E-state index in [-0.39, 0.29) is 23.3 Å². The molecular formula is C17H24N4O2. The summed E-state index contributed by atoms with van der Waals surface area (Å²) < 4.78 is 5.24. The van der Waals surface area contributed by atoms with Gasteiger partial charge < -0.3 is 15.2 Å². The van der Waals surface area contributed by atoms with Crippen LogP contribution in [0.5, 0.6) is 0 Å². The van der Waals surface area contributed by atoms with E-state index in [0.29, 0.717) is 24.4 Å². The van der Waals surface area contributed by atoms with Crippen LogP contribution in [0.25, 0.3) is 11.1 Å². The third-order valence-corrected chi connectivity index (χ3v) is 4.75. The highest BCUT2D eigenvalue weighted by Crippen LogP contribution is 2.29. The van der Waals surface area contributed by atoms with E-state index in [9.17, 15) is 4.79 Å². The van der Waals surface area contributed by atoms with Gasteiger partial charge >= 0.3 is 0 Å². The minimum absolute atomic E-state index is 0.00437. The summed E-state index contributed by atoms with van der Waals surface area (Å²) in [6.07, 6.45) is 2.39. The summed E-state index contributed by atoms with van der Waals surface area (Å²) in [5.74, 6) is 0.214. The fourth-order valence-corrected chi connectivity index (χ4v) is 3.11. The van der Waals surface area contributed by atoms with Crippen LogP contribution >= 0.6 is 0 Å². The van der Waals surface area contributed by atoms with Crippen molar-refractivity contribution >= 4 is 17.0 Å². The van der Waals surface area contributed by atoms with E-state index in [1.54, 1.807) is 6.20 Å². The van der Waals surface area contributed by atoms with Crippen molar-refractivity contribution in [3.8, 4) is 0 Å². The lowest BCUT2D eigenvalue weighted by Crippen LogP contribution is -2.54. The zero-order chi connectivity index (χ0) is 16.8. The fraction of sp³-hybridized carbons (Fsp3) is 0.588. The first-order valence-electron chi connectivity index (χ1n) is 8.10. The molecule has 0 bridgehead atoms. The molecular weight excluding hydrogens is 292 g/mol. The molecule has 6 heteroatoms. The highest BCUT2D eigenvalue weighted by Gasteiger charge is 2.35. The minimum Gasteiger partial charge on any atom is -0.338 e. The molecule has 0 aromatic carbocycles. The van der Waals surface area contributed by atoms with Gasteiger partial charge in [0, 0.05) is 25.3 Å². The largest absolute Gasteiger partial charge is 0.338 e. The first kappa shape index (κ1) is 15.9. The SMILES string of the molecule is CC(C)c1noc2ncc(C(=O)N3CCC(N)C(C)(C)C3)cc12. The summed E-state index contributed by atoms with van der Waals surface area (Å²) in [7, 11) is 0. The van der Waals surface area contributed by atoms with E-state index in [4.69, 9.17) is 10.3 Å². The van der Waals surface area contributed by atoms with Gasteiger partial charge in [0.1, 0.15) is 0 Å². The summed E-state index contributed by atoms with van der Waals surface area (Å²) >= 11 is 0. The lowest BCUT2D eigenvalue weighted by Gasteiger charge is -2.42. The monoisotopic (exact) mass is 316 g/mol. The van der Waals surface area contributed by atoms with Crippen molar-refractivity contribution in [3.05, 3.63) is 23.5 Å². The number of carbonyl (C=O) groups is 1. The number of hydrogen-bond donors (Lipinski definition) is 1. The second kappa shape index (κ2) is 5.60. The molecule has 6 nitrogen and oxygen atoms in total. The van der Waals surface area contributed by atoms with Crippen LogP contribution in [0.3, 0.4) is 0 Å². The van der Waals surface area contributed by atoms with Gasteiger partial charge in [-0.05, 0) is 23.8 Å². The molecule has 3 heterocycles. The molecule has 2 N–H and O–H groups in total. The van der Waals surface area contributed by atoms with Crippen LogP contribution in [0.4, 0.5) is 0 Å². The lowest BCUT2D eigenvalue weighted by molar-refractivity contribution is 0.0533. The Bertz CT molecular complexity index is 735. The molecule has 3 rings (SSSR count). The smallest absolute Gasteiger partial charge is 0.257 e.